The minimum absolute atomic E-state index is 0.781. The summed E-state index contributed by atoms with van der Waals surface area (Å²) in [5, 5.41) is 4.12. The van der Waals surface area contributed by atoms with Gasteiger partial charge in [-0.3, -0.25) is 4.98 Å². The Bertz CT molecular complexity index is 506. The first-order valence-corrected chi connectivity index (χ1v) is 5.94. The van der Waals surface area contributed by atoms with Gasteiger partial charge in [0.05, 0.1) is 11.9 Å². The van der Waals surface area contributed by atoms with Crippen molar-refractivity contribution in [3.05, 3.63) is 58.4 Å². The number of aromatic nitrogens is 1. The van der Waals surface area contributed by atoms with Gasteiger partial charge in [0.25, 0.3) is 0 Å². The first-order valence-electron chi connectivity index (χ1n) is 5.57. The van der Waals surface area contributed by atoms with Crippen molar-refractivity contribution >= 4 is 17.3 Å². The largest absolute Gasteiger partial charge is 0.380 e. The summed E-state index contributed by atoms with van der Waals surface area (Å²) in [6, 6.07) is 9.97. The molecule has 2 nitrogen and oxygen atoms in total. The maximum absolute atomic E-state index is 5.92. The predicted molar refractivity (Wildman–Crippen MR) is 72.5 cm³/mol. The fourth-order valence-electron chi connectivity index (χ4n) is 1.63. The van der Waals surface area contributed by atoms with Crippen molar-refractivity contribution in [1.29, 1.82) is 0 Å². The average Bonchev–Trinajstić information content (AvgIpc) is 2.30. The van der Waals surface area contributed by atoms with E-state index in [0.717, 1.165) is 22.9 Å². The van der Waals surface area contributed by atoms with Crippen LogP contribution >= 0.6 is 11.6 Å². The van der Waals surface area contributed by atoms with Crippen LogP contribution in [0.25, 0.3) is 0 Å². The first-order chi connectivity index (χ1) is 8.15. The van der Waals surface area contributed by atoms with Gasteiger partial charge in [0.2, 0.25) is 0 Å². The number of aryl methyl sites for hydroxylation is 2. The van der Waals surface area contributed by atoms with Crippen LogP contribution in [0.3, 0.4) is 0 Å². The molecular weight excluding hydrogens is 232 g/mol. The van der Waals surface area contributed by atoms with Crippen LogP contribution < -0.4 is 5.32 Å². The normalized spacial score (nSPS) is 10.3. The summed E-state index contributed by atoms with van der Waals surface area (Å²) in [5.74, 6) is 0. The Balaban J connectivity index is 2.04. The van der Waals surface area contributed by atoms with Gasteiger partial charge in [-0.15, -0.1) is 0 Å². The van der Waals surface area contributed by atoms with E-state index in [1.165, 1.54) is 11.1 Å². The number of rotatable bonds is 3. The lowest BCUT2D eigenvalue weighted by atomic mass is 10.1. The fraction of sp³-hybridized carbons (Fsp3) is 0.214. The molecule has 0 saturated heterocycles. The van der Waals surface area contributed by atoms with Gasteiger partial charge in [0.1, 0.15) is 0 Å². The van der Waals surface area contributed by atoms with E-state index in [4.69, 9.17) is 11.6 Å². The third kappa shape index (κ3) is 3.21. The Morgan fingerprint density at radius 2 is 2.00 bits per heavy atom. The molecule has 2 aromatic rings. The fourth-order valence-corrected chi connectivity index (χ4v) is 1.85. The highest BCUT2D eigenvalue weighted by Gasteiger charge is 1.99. The van der Waals surface area contributed by atoms with E-state index in [0.29, 0.717) is 0 Å². The molecule has 17 heavy (non-hydrogen) atoms. The highest BCUT2D eigenvalue weighted by atomic mass is 35.5. The van der Waals surface area contributed by atoms with E-state index in [1.54, 1.807) is 0 Å². The van der Waals surface area contributed by atoms with Crippen molar-refractivity contribution in [3.8, 4) is 0 Å². The number of nitrogens with one attached hydrogen (secondary N) is 1. The van der Waals surface area contributed by atoms with Gasteiger partial charge in [-0.1, -0.05) is 17.7 Å². The Morgan fingerprint density at radius 3 is 2.65 bits per heavy atom. The molecule has 0 aliphatic rings. The summed E-state index contributed by atoms with van der Waals surface area (Å²) >= 11 is 5.92. The van der Waals surface area contributed by atoms with Crippen LogP contribution in [0, 0.1) is 13.8 Å². The van der Waals surface area contributed by atoms with Gasteiger partial charge in [-0.25, -0.2) is 0 Å². The Morgan fingerprint density at radius 1 is 1.18 bits per heavy atom. The molecule has 0 unspecified atom stereocenters. The lowest BCUT2D eigenvalue weighted by molar-refractivity contribution is 1.10. The average molecular weight is 247 g/mol. The second-order valence-electron chi connectivity index (χ2n) is 4.11. The van der Waals surface area contributed by atoms with Gasteiger partial charge in [-0.05, 0) is 49.2 Å². The van der Waals surface area contributed by atoms with Crippen molar-refractivity contribution in [3.63, 3.8) is 0 Å². The van der Waals surface area contributed by atoms with E-state index in [2.05, 4.69) is 17.2 Å². The van der Waals surface area contributed by atoms with Gasteiger partial charge in [0, 0.05) is 17.3 Å². The lowest BCUT2D eigenvalue weighted by Crippen LogP contribution is -2.01. The zero-order valence-electron chi connectivity index (χ0n) is 10.00. The van der Waals surface area contributed by atoms with Gasteiger partial charge >= 0.3 is 0 Å². The molecule has 0 spiro atoms. The summed E-state index contributed by atoms with van der Waals surface area (Å²) < 4.78 is 0. The van der Waals surface area contributed by atoms with Crippen molar-refractivity contribution in [2.45, 2.75) is 20.4 Å². The number of benzene rings is 1. The molecule has 1 aromatic heterocycles. The Labute approximate surface area is 107 Å². The number of hydrogen-bond donors (Lipinski definition) is 1. The van der Waals surface area contributed by atoms with E-state index >= 15 is 0 Å². The maximum Gasteiger partial charge on any atom is 0.0529 e. The van der Waals surface area contributed by atoms with Crippen LogP contribution in [0.5, 0.6) is 0 Å². The van der Waals surface area contributed by atoms with Crippen LogP contribution in [-0.2, 0) is 6.54 Å². The van der Waals surface area contributed by atoms with Crippen LogP contribution in [0.4, 0.5) is 5.69 Å². The molecule has 2 rings (SSSR count). The van der Waals surface area contributed by atoms with Gasteiger partial charge in [-0.2, -0.15) is 0 Å². The second kappa shape index (κ2) is 5.19. The third-order valence-corrected chi connectivity index (χ3v) is 2.93. The minimum Gasteiger partial charge on any atom is -0.380 e. The smallest absolute Gasteiger partial charge is 0.0529 e. The number of anilines is 1. The molecule has 0 radical (unpaired) electrons. The number of pyridine rings is 1. The van der Waals surface area contributed by atoms with Crippen molar-refractivity contribution in [2.75, 3.05) is 5.32 Å². The SMILES string of the molecule is Cc1ccc(NCc2ccc(Cl)cc2C)cn1. The van der Waals surface area contributed by atoms with E-state index < -0.39 is 0 Å². The zero-order chi connectivity index (χ0) is 12.3. The quantitative estimate of drug-likeness (QED) is 0.887. The molecule has 1 N–H and O–H groups in total. The molecule has 0 amide bonds. The van der Waals surface area contributed by atoms with Crippen LogP contribution in [0.2, 0.25) is 5.02 Å². The summed E-state index contributed by atoms with van der Waals surface area (Å²) in [5.41, 5.74) is 4.50. The van der Waals surface area contributed by atoms with Crippen molar-refractivity contribution in [2.24, 2.45) is 0 Å². The van der Waals surface area contributed by atoms with Crippen LogP contribution in [0.15, 0.2) is 36.5 Å². The highest BCUT2D eigenvalue weighted by Crippen LogP contribution is 2.16. The summed E-state index contributed by atoms with van der Waals surface area (Å²) in [6.45, 7) is 4.83. The number of nitrogens with zero attached hydrogens (tertiary/aromatic N) is 1. The van der Waals surface area contributed by atoms with E-state index in [-0.39, 0.29) is 0 Å². The standard InChI is InChI=1S/C14H15ClN2/c1-10-7-13(15)5-4-12(10)8-17-14-6-3-11(2)16-9-14/h3-7,9,17H,8H2,1-2H3. The topological polar surface area (TPSA) is 24.9 Å². The molecule has 0 saturated carbocycles. The van der Waals surface area contributed by atoms with Gasteiger partial charge in [0.15, 0.2) is 0 Å². The zero-order valence-corrected chi connectivity index (χ0v) is 10.8. The van der Waals surface area contributed by atoms with Crippen LogP contribution in [-0.4, -0.2) is 4.98 Å². The summed E-state index contributed by atoms with van der Waals surface area (Å²) in [6.07, 6.45) is 1.85. The molecule has 0 bridgehead atoms. The number of halogens is 1. The summed E-state index contributed by atoms with van der Waals surface area (Å²) in [7, 11) is 0. The third-order valence-electron chi connectivity index (χ3n) is 2.70. The highest BCUT2D eigenvalue weighted by molar-refractivity contribution is 6.30. The molecule has 0 aliphatic carbocycles. The van der Waals surface area contributed by atoms with Crippen molar-refractivity contribution < 1.29 is 0 Å². The molecule has 1 heterocycles. The molecule has 3 heteroatoms. The second-order valence-corrected chi connectivity index (χ2v) is 4.55. The molecular formula is C14H15ClN2. The monoisotopic (exact) mass is 246 g/mol. The molecule has 1 aromatic carbocycles. The molecule has 0 fully saturated rings. The maximum atomic E-state index is 5.92. The minimum atomic E-state index is 0.781. The molecule has 0 atom stereocenters. The van der Waals surface area contributed by atoms with Crippen LogP contribution in [0.1, 0.15) is 16.8 Å². The Hall–Kier alpha value is -1.54. The van der Waals surface area contributed by atoms with Gasteiger partial charge < -0.3 is 5.32 Å². The first kappa shape index (κ1) is 11.9. The lowest BCUT2D eigenvalue weighted by Gasteiger charge is -2.09. The number of hydrogen-bond acceptors (Lipinski definition) is 2. The Kier molecular flexibility index (Phi) is 3.64. The molecule has 0 aliphatic heterocycles. The molecule has 88 valence electrons. The predicted octanol–water partition coefficient (Wildman–Crippen LogP) is 3.96. The van der Waals surface area contributed by atoms with E-state index in [9.17, 15) is 0 Å². The van der Waals surface area contributed by atoms with E-state index in [1.807, 2.05) is 43.5 Å². The van der Waals surface area contributed by atoms with Crippen molar-refractivity contribution in [1.82, 2.24) is 4.98 Å². The summed E-state index contributed by atoms with van der Waals surface area (Å²) in [4.78, 5) is 4.24.